The molecule has 5 heteroatoms. The highest BCUT2D eigenvalue weighted by atomic mass is 35.5. The van der Waals surface area contributed by atoms with E-state index >= 15 is 0 Å². The summed E-state index contributed by atoms with van der Waals surface area (Å²) in [6.45, 7) is 0. The summed E-state index contributed by atoms with van der Waals surface area (Å²) in [7, 11) is 3.82. The average molecular weight is 251 g/mol. The SMILES string of the molecule is CN(C)C1=NC(=N)N(c2ccccc2)C(Cl)C1. The predicted molar refractivity (Wildman–Crippen MR) is 72.0 cm³/mol. The number of aliphatic imine (C=N–C) groups is 1. The largest absolute Gasteiger partial charge is 0.366 e. The van der Waals surface area contributed by atoms with Crippen molar-refractivity contribution in [2.45, 2.75) is 11.9 Å². The summed E-state index contributed by atoms with van der Waals surface area (Å²) >= 11 is 6.33. The van der Waals surface area contributed by atoms with Crippen LogP contribution in [-0.2, 0) is 0 Å². The molecule has 1 unspecified atom stereocenters. The molecule has 0 radical (unpaired) electrons. The summed E-state index contributed by atoms with van der Waals surface area (Å²) in [5.41, 5.74) is 0.638. The zero-order valence-electron chi connectivity index (χ0n) is 9.89. The van der Waals surface area contributed by atoms with Gasteiger partial charge in [0.25, 0.3) is 0 Å². The van der Waals surface area contributed by atoms with E-state index in [1.165, 1.54) is 0 Å². The van der Waals surface area contributed by atoms with Gasteiger partial charge in [-0.1, -0.05) is 29.8 Å². The fourth-order valence-electron chi connectivity index (χ4n) is 1.75. The van der Waals surface area contributed by atoms with Crippen LogP contribution in [0.3, 0.4) is 0 Å². The van der Waals surface area contributed by atoms with Gasteiger partial charge in [-0.05, 0) is 12.1 Å². The van der Waals surface area contributed by atoms with Gasteiger partial charge in [0, 0.05) is 26.2 Å². The molecule has 90 valence electrons. The predicted octanol–water partition coefficient (Wildman–Crippen LogP) is 2.36. The van der Waals surface area contributed by atoms with Gasteiger partial charge in [-0.3, -0.25) is 10.3 Å². The number of amidine groups is 1. The highest BCUT2D eigenvalue weighted by molar-refractivity contribution is 6.27. The molecule has 0 fully saturated rings. The lowest BCUT2D eigenvalue weighted by Crippen LogP contribution is -2.44. The molecular weight excluding hydrogens is 236 g/mol. The Morgan fingerprint density at radius 2 is 2.00 bits per heavy atom. The molecule has 4 nitrogen and oxygen atoms in total. The van der Waals surface area contributed by atoms with Gasteiger partial charge in [-0.25, -0.2) is 4.99 Å². The summed E-state index contributed by atoms with van der Waals surface area (Å²) in [5, 5.41) is 7.96. The number of nitrogens with zero attached hydrogens (tertiary/aromatic N) is 3. The molecule has 17 heavy (non-hydrogen) atoms. The van der Waals surface area contributed by atoms with E-state index in [9.17, 15) is 0 Å². The van der Waals surface area contributed by atoms with Crippen molar-refractivity contribution in [2.24, 2.45) is 4.99 Å². The van der Waals surface area contributed by atoms with E-state index in [1.807, 2.05) is 49.3 Å². The molecule has 1 heterocycles. The molecule has 0 amide bonds. The molecular formula is C12H15ClN4. The minimum Gasteiger partial charge on any atom is -0.366 e. The number of hydrogen-bond acceptors (Lipinski definition) is 2. The van der Waals surface area contributed by atoms with Crippen LogP contribution < -0.4 is 4.90 Å². The lowest BCUT2D eigenvalue weighted by molar-refractivity contribution is 0.594. The molecule has 1 atom stereocenters. The van der Waals surface area contributed by atoms with Crippen molar-refractivity contribution in [3.05, 3.63) is 30.3 Å². The van der Waals surface area contributed by atoms with Crippen molar-refractivity contribution in [2.75, 3.05) is 19.0 Å². The van der Waals surface area contributed by atoms with Gasteiger partial charge < -0.3 is 4.90 Å². The Hall–Kier alpha value is -1.55. The third kappa shape index (κ3) is 2.42. The summed E-state index contributed by atoms with van der Waals surface area (Å²) < 4.78 is 0. The standard InChI is InChI=1S/C12H15ClN4/c1-16(2)11-8-10(13)17(12(14)15-11)9-6-4-3-5-7-9/h3-7,10,14H,8H2,1-2H3. The smallest absolute Gasteiger partial charge is 0.225 e. The Labute approximate surface area is 106 Å². The van der Waals surface area contributed by atoms with Crippen molar-refractivity contribution in [3.63, 3.8) is 0 Å². The fraction of sp³-hybridized carbons (Fsp3) is 0.333. The second-order valence-electron chi connectivity index (χ2n) is 4.09. The molecule has 1 aromatic rings. The number of hydrogen-bond donors (Lipinski definition) is 1. The Bertz CT molecular complexity index is 441. The van der Waals surface area contributed by atoms with E-state index in [2.05, 4.69) is 4.99 Å². The molecule has 1 aromatic carbocycles. The lowest BCUT2D eigenvalue weighted by Gasteiger charge is -2.33. The van der Waals surface area contributed by atoms with Crippen molar-refractivity contribution in [1.29, 1.82) is 5.41 Å². The van der Waals surface area contributed by atoms with Crippen molar-refractivity contribution in [3.8, 4) is 0 Å². The van der Waals surface area contributed by atoms with E-state index in [0.29, 0.717) is 6.42 Å². The molecule has 1 aliphatic heterocycles. The van der Waals surface area contributed by atoms with Crippen LogP contribution in [-0.4, -0.2) is 36.3 Å². The molecule has 0 aromatic heterocycles. The Morgan fingerprint density at radius 1 is 1.35 bits per heavy atom. The first-order valence-corrected chi connectivity index (χ1v) is 5.85. The van der Waals surface area contributed by atoms with Gasteiger partial charge in [0.1, 0.15) is 11.3 Å². The second-order valence-corrected chi connectivity index (χ2v) is 4.59. The van der Waals surface area contributed by atoms with Crippen LogP contribution in [0.1, 0.15) is 6.42 Å². The summed E-state index contributed by atoms with van der Waals surface area (Å²) in [4.78, 5) is 7.88. The number of halogens is 1. The van der Waals surface area contributed by atoms with Crippen LogP contribution in [0, 0.1) is 5.41 Å². The van der Waals surface area contributed by atoms with Crippen LogP contribution in [0.5, 0.6) is 0 Å². The molecule has 0 spiro atoms. The normalized spacial score (nSPS) is 20.2. The average Bonchev–Trinajstić information content (AvgIpc) is 2.29. The highest BCUT2D eigenvalue weighted by Gasteiger charge is 2.27. The molecule has 1 N–H and O–H groups in total. The molecule has 0 aliphatic carbocycles. The second kappa shape index (κ2) is 4.75. The van der Waals surface area contributed by atoms with Crippen LogP contribution in [0.25, 0.3) is 0 Å². The van der Waals surface area contributed by atoms with Gasteiger partial charge >= 0.3 is 0 Å². The number of alkyl halides is 1. The zero-order chi connectivity index (χ0) is 12.4. The van der Waals surface area contributed by atoms with Crippen molar-refractivity contribution < 1.29 is 0 Å². The molecule has 2 rings (SSSR count). The number of guanidine groups is 1. The van der Waals surface area contributed by atoms with Crippen LogP contribution in [0.4, 0.5) is 5.69 Å². The van der Waals surface area contributed by atoms with Crippen molar-refractivity contribution in [1.82, 2.24) is 4.90 Å². The van der Waals surface area contributed by atoms with E-state index in [4.69, 9.17) is 17.0 Å². The van der Waals surface area contributed by atoms with Gasteiger partial charge in [0.2, 0.25) is 5.96 Å². The third-order valence-corrected chi connectivity index (χ3v) is 2.99. The maximum atomic E-state index is 7.96. The quantitative estimate of drug-likeness (QED) is 0.614. The highest BCUT2D eigenvalue weighted by Crippen LogP contribution is 2.25. The lowest BCUT2D eigenvalue weighted by atomic mass is 10.2. The molecule has 0 bridgehead atoms. The minimum atomic E-state index is -0.264. The minimum absolute atomic E-state index is 0.186. The van der Waals surface area contributed by atoms with Crippen LogP contribution in [0.15, 0.2) is 35.3 Å². The number of nitrogens with one attached hydrogen (secondary N) is 1. The molecule has 1 aliphatic rings. The third-order valence-electron chi connectivity index (χ3n) is 2.64. The van der Waals surface area contributed by atoms with E-state index in [0.717, 1.165) is 11.5 Å². The first-order valence-electron chi connectivity index (χ1n) is 5.41. The van der Waals surface area contributed by atoms with Gasteiger partial charge in [0.15, 0.2) is 0 Å². The summed E-state index contributed by atoms with van der Waals surface area (Å²) in [5.74, 6) is 1.02. The first-order chi connectivity index (χ1) is 8.09. The zero-order valence-corrected chi connectivity index (χ0v) is 10.6. The Morgan fingerprint density at radius 3 is 2.53 bits per heavy atom. The maximum absolute atomic E-state index is 7.96. The number of para-hydroxylation sites is 1. The summed E-state index contributed by atoms with van der Waals surface area (Å²) in [6.07, 6.45) is 0.631. The Balaban J connectivity index is 2.30. The first kappa shape index (κ1) is 11.9. The molecule has 0 saturated carbocycles. The van der Waals surface area contributed by atoms with E-state index in [1.54, 1.807) is 4.90 Å². The fourth-order valence-corrected chi connectivity index (χ4v) is 2.09. The van der Waals surface area contributed by atoms with Gasteiger partial charge in [-0.2, -0.15) is 0 Å². The number of anilines is 1. The van der Waals surface area contributed by atoms with Gasteiger partial charge in [-0.15, -0.1) is 0 Å². The maximum Gasteiger partial charge on any atom is 0.225 e. The molecule has 0 saturated heterocycles. The van der Waals surface area contributed by atoms with Gasteiger partial charge in [0.05, 0.1) is 0 Å². The van der Waals surface area contributed by atoms with E-state index < -0.39 is 0 Å². The van der Waals surface area contributed by atoms with Crippen molar-refractivity contribution >= 4 is 29.1 Å². The number of benzene rings is 1. The monoisotopic (exact) mass is 250 g/mol. The van der Waals surface area contributed by atoms with Crippen LogP contribution in [0.2, 0.25) is 0 Å². The van der Waals surface area contributed by atoms with Crippen LogP contribution >= 0.6 is 11.6 Å². The topological polar surface area (TPSA) is 42.7 Å². The number of rotatable bonds is 1. The van der Waals surface area contributed by atoms with E-state index in [-0.39, 0.29) is 11.5 Å². The summed E-state index contributed by atoms with van der Waals surface area (Å²) in [6, 6.07) is 9.66. The Kier molecular flexibility index (Phi) is 3.33.